The molecule has 0 amide bonds. The van der Waals surface area contributed by atoms with Crippen LogP contribution < -0.4 is 4.74 Å². The van der Waals surface area contributed by atoms with Gasteiger partial charge in [-0.2, -0.15) is 0 Å². The van der Waals surface area contributed by atoms with Gasteiger partial charge in [0.15, 0.2) is 0 Å². The van der Waals surface area contributed by atoms with Crippen LogP contribution in [-0.2, 0) is 4.74 Å². The zero-order valence-electron chi connectivity index (χ0n) is 15.1. The van der Waals surface area contributed by atoms with Gasteiger partial charge in [-0.1, -0.05) is 49.9 Å². The molecular formula is C21H23ClO4. The number of rotatable bonds is 8. The zero-order chi connectivity index (χ0) is 18.9. The summed E-state index contributed by atoms with van der Waals surface area (Å²) in [5.74, 6) is -0.710. The third kappa shape index (κ3) is 5.60. The molecule has 0 aromatic heterocycles. The van der Waals surface area contributed by atoms with E-state index in [0.29, 0.717) is 17.4 Å². The molecule has 0 aliphatic rings. The van der Waals surface area contributed by atoms with E-state index in [2.05, 4.69) is 6.92 Å². The van der Waals surface area contributed by atoms with Gasteiger partial charge in [-0.15, -0.1) is 0 Å². The maximum atomic E-state index is 12.5. The Morgan fingerprint density at radius 1 is 0.962 bits per heavy atom. The van der Waals surface area contributed by atoms with Gasteiger partial charge in [-0.05, 0) is 49.2 Å². The van der Waals surface area contributed by atoms with E-state index < -0.39 is 11.9 Å². The van der Waals surface area contributed by atoms with Gasteiger partial charge in [-0.25, -0.2) is 9.59 Å². The Labute approximate surface area is 159 Å². The summed E-state index contributed by atoms with van der Waals surface area (Å²) >= 11 is 5.92. The molecule has 0 atom stereocenters. The highest BCUT2D eigenvalue weighted by Crippen LogP contribution is 2.23. The van der Waals surface area contributed by atoms with Crippen molar-refractivity contribution in [1.82, 2.24) is 0 Å². The number of ether oxygens (including phenoxy) is 2. The second-order valence-corrected chi connectivity index (χ2v) is 6.48. The second-order valence-electron chi connectivity index (χ2n) is 6.04. The summed E-state index contributed by atoms with van der Waals surface area (Å²) in [6.45, 7) is 4.26. The molecule has 0 fully saturated rings. The van der Waals surface area contributed by atoms with Crippen LogP contribution in [0.5, 0.6) is 5.75 Å². The largest absolute Gasteiger partial charge is 0.462 e. The van der Waals surface area contributed by atoms with Gasteiger partial charge in [0.1, 0.15) is 5.75 Å². The molecule has 0 aliphatic carbocycles. The van der Waals surface area contributed by atoms with Crippen LogP contribution in [0.25, 0.3) is 0 Å². The van der Waals surface area contributed by atoms with E-state index in [-0.39, 0.29) is 11.1 Å². The van der Waals surface area contributed by atoms with Gasteiger partial charge in [0, 0.05) is 5.02 Å². The van der Waals surface area contributed by atoms with Crippen LogP contribution >= 0.6 is 11.6 Å². The number of hydrogen-bond acceptors (Lipinski definition) is 4. The molecule has 0 heterocycles. The lowest BCUT2D eigenvalue weighted by molar-refractivity contribution is 0.0489. The summed E-state index contributed by atoms with van der Waals surface area (Å²) < 4.78 is 10.7. The van der Waals surface area contributed by atoms with Gasteiger partial charge in [0.05, 0.1) is 17.7 Å². The van der Waals surface area contributed by atoms with Gasteiger partial charge in [-0.3, -0.25) is 0 Å². The average molecular weight is 375 g/mol. The Morgan fingerprint density at radius 2 is 1.65 bits per heavy atom. The topological polar surface area (TPSA) is 52.6 Å². The molecule has 26 heavy (non-hydrogen) atoms. The van der Waals surface area contributed by atoms with E-state index in [1.807, 2.05) is 0 Å². The number of aryl methyl sites for hydroxylation is 1. The van der Waals surface area contributed by atoms with Gasteiger partial charge >= 0.3 is 11.9 Å². The first-order valence-corrected chi connectivity index (χ1v) is 9.15. The molecule has 2 aromatic rings. The van der Waals surface area contributed by atoms with Crippen molar-refractivity contribution < 1.29 is 19.1 Å². The summed E-state index contributed by atoms with van der Waals surface area (Å²) in [6.07, 6.45) is 4.06. The SMILES string of the molecule is CCCCCCOC(=O)c1ccccc1C(=O)Oc1ccc(Cl)cc1C. The van der Waals surface area contributed by atoms with E-state index in [1.54, 1.807) is 49.4 Å². The molecule has 0 unspecified atom stereocenters. The van der Waals surface area contributed by atoms with Crippen LogP contribution in [0.3, 0.4) is 0 Å². The standard InChI is InChI=1S/C21H23ClO4/c1-3-4-5-8-13-25-20(23)17-9-6-7-10-18(17)21(24)26-19-12-11-16(22)14-15(19)2/h6-7,9-12,14H,3-5,8,13H2,1-2H3. The molecule has 0 N–H and O–H groups in total. The maximum absolute atomic E-state index is 12.5. The molecular weight excluding hydrogens is 352 g/mol. The van der Waals surface area contributed by atoms with Crippen molar-refractivity contribution in [3.8, 4) is 5.75 Å². The van der Waals surface area contributed by atoms with Gasteiger partial charge in [0.2, 0.25) is 0 Å². The first-order chi connectivity index (χ1) is 12.5. The second kappa shape index (κ2) is 9.97. The first-order valence-electron chi connectivity index (χ1n) is 8.77. The number of esters is 2. The Morgan fingerprint density at radius 3 is 2.31 bits per heavy atom. The zero-order valence-corrected chi connectivity index (χ0v) is 15.8. The number of carbonyl (C=O) groups is 2. The van der Waals surface area contributed by atoms with Crippen molar-refractivity contribution in [1.29, 1.82) is 0 Å². The third-order valence-electron chi connectivity index (χ3n) is 3.94. The summed E-state index contributed by atoms with van der Waals surface area (Å²) in [5, 5.41) is 0.564. The van der Waals surface area contributed by atoms with Crippen LogP contribution in [0.1, 0.15) is 58.9 Å². The Bertz CT molecular complexity index is 770. The summed E-state index contributed by atoms with van der Waals surface area (Å²) in [4.78, 5) is 24.8. The fourth-order valence-electron chi connectivity index (χ4n) is 2.49. The highest BCUT2D eigenvalue weighted by atomic mass is 35.5. The van der Waals surface area contributed by atoms with Crippen LogP contribution in [0.2, 0.25) is 5.02 Å². The number of unbranched alkanes of at least 4 members (excludes halogenated alkanes) is 3. The predicted octanol–water partition coefficient (Wildman–Crippen LogP) is 5.60. The minimum Gasteiger partial charge on any atom is -0.462 e. The van der Waals surface area contributed by atoms with Crippen molar-refractivity contribution in [2.24, 2.45) is 0 Å². The van der Waals surface area contributed by atoms with Gasteiger partial charge in [0.25, 0.3) is 0 Å². The van der Waals surface area contributed by atoms with E-state index in [4.69, 9.17) is 21.1 Å². The number of hydrogen-bond donors (Lipinski definition) is 0. The highest BCUT2D eigenvalue weighted by Gasteiger charge is 2.20. The summed E-state index contributed by atoms with van der Waals surface area (Å²) in [6, 6.07) is 11.5. The first kappa shape index (κ1) is 20.0. The van der Waals surface area contributed by atoms with Gasteiger partial charge < -0.3 is 9.47 Å². The van der Waals surface area contributed by atoms with Crippen molar-refractivity contribution in [3.05, 3.63) is 64.2 Å². The van der Waals surface area contributed by atoms with E-state index >= 15 is 0 Å². The molecule has 2 aromatic carbocycles. The molecule has 2 rings (SSSR count). The minimum atomic E-state index is -0.603. The lowest BCUT2D eigenvalue weighted by atomic mass is 10.1. The fourth-order valence-corrected chi connectivity index (χ4v) is 2.72. The van der Waals surface area contributed by atoms with E-state index in [1.165, 1.54) is 0 Å². The van der Waals surface area contributed by atoms with E-state index in [9.17, 15) is 9.59 Å². The molecule has 5 heteroatoms. The lowest BCUT2D eigenvalue weighted by Crippen LogP contribution is -2.16. The highest BCUT2D eigenvalue weighted by molar-refractivity contribution is 6.30. The van der Waals surface area contributed by atoms with Crippen molar-refractivity contribution in [2.75, 3.05) is 6.61 Å². The predicted molar refractivity (Wildman–Crippen MR) is 102 cm³/mol. The van der Waals surface area contributed by atoms with Crippen LogP contribution in [0.15, 0.2) is 42.5 Å². The normalized spacial score (nSPS) is 10.4. The molecule has 0 saturated carbocycles. The number of halogens is 1. The van der Waals surface area contributed by atoms with Crippen molar-refractivity contribution in [3.63, 3.8) is 0 Å². The van der Waals surface area contributed by atoms with Crippen LogP contribution in [0, 0.1) is 6.92 Å². The minimum absolute atomic E-state index is 0.181. The van der Waals surface area contributed by atoms with E-state index in [0.717, 1.165) is 31.2 Å². The Kier molecular flexibility index (Phi) is 7.67. The van der Waals surface area contributed by atoms with Crippen LogP contribution in [0.4, 0.5) is 0 Å². The van der Waals surface area contributed by atoms with Crippen molar-refractivity contribution in [2.45, 2.75) is 39.5 Å². The Hall–Kier alpha value is -2.33. The lowest BCUT2D eigenvalue weighted by Gasteiger charge is -2.11. The summed E-state index contributed by atoms with van der Waals surface area (Å²) in [7, 11) is 0. The smallest absolute Gasteiger partial charge is 0.344 e. The molecule has 0 aliphatic heterocycles. The Balaban J connectivity index is 2.07. The number of benzene rings is 2. The monoisotopic (exact) mass is 374 g/mol. The molecule has 0 spiro atoms. The number of carbonyl (C=O) groups excluding carboxylic acids is 2. The van der Waals surface area contributed by atoms with Crippen molar-refractivity contribution >= 4 is 23.5 Å². The fraction of sp³-hybridized carbons (Fsp3) is 0.333. The maximum Gasteiger partial charge on any atom is 0.344 e. The molecule has 0 bridgehead atoms. The van der Waals surface area contributed by atoms with Crippen LogP contribution in [-0.4, -0.2) is 18.5 Å². The third-order valence-corrected chi connectivity index (χ3v) is 4.17. The molecule has 4 nitrogen and oxygen atoms in total. The summed E-state index contributed by atoms with van der Waals surface area (Å²) in [5.41, 5.74) is 1.13. The molecule has 0 saturated heterocycles. The quantitative estimate of drug-likeness (QED) is 0.342. The average Bonchev–Trinajstić information content (AvgIpc) is 2.63. The molecule has 138 valence electrons. The molecule has 0 radical (unpaired) electrons.